The maximum Gasteiger partial charge on any atom is 0.339 e. The average molecular weight is 191 g/mol. The van der Waals surface area contributed by atoms with Gasteiger partial charge in [-0.25, -0.2) is 9.78 Å². The Morgan fingerprint density at radius 1 is 1.64 bits per heavy atom. The van der Waals surface area contributed by atoms with Crippen LogP contribution in [0.5, 0.6) is 0 Å². The molecule has 0 saturated carbocycles. The molecule has 5 N–H and O–H groups in total. The van der Waals surface area contributed by atoms with Crippen LogP contribution in [-0.4, -0.2) is 22.6 Å². The SMILES string of the molecule is NCC#Cc1cnc(N)c(C(=O)O)c1. The lowest BCUT2D eigenvalue weighted by atomic mass is 10.2. The molecule has 0 amide bonds. The van der Waals surface area contributed by atoms with Crippen molar-refractivity contribution in [2.45, 2.75) is 0 Å². The van der Waals surface area contributed by atoms with Crippen LogP contribution >= 0.6 is 0 Å². The van der Waals surface area contributed by atoms with E-state index in [0.29, 0.717) is 5.56 Å². The average Bonchev–Trinajstić information content (AvgIpc) is 2.16. The van der Waals surface area contributed by atoms with E-state index in [-0.39, 0.29) is 17.9 Å². The number of aromatic nitrogens is 1. The van der Waals surface area contributed by atoms with Crippen LogP contribution in [0.3, 0.4) is 0 Å². The highest BCUT2D eigenvalue weighted by molar-refractivity contribution is 5.92. The van der Waals surface area contributed by atoms with Gasteiger partial charge < -0.3 is 16.6 Å². The van der Waals surface area contributed by atoms with E-state index in [4.69, 9.17) is 16.6 Å². The monoisotopic (exact) mass is 191 g/mol. The van der Waals surface area contributed by atoms with Crippen LogP contribution < -0.4 is 11.5 Å². The summed E-state index contributed by atoms with van der Waals surface area (Å²) in [6.45, 7) is 0.215. The van der Waals surface area contributed by atoms with Gasteiger partial charge in [-0.3, -0.25) is 0 Å². The molecule has 5 heteroatoms. The Labute approximate surface area is 80.7 Å². The summed E-state index contributed by atoms with van der Waals surface area (Å²) in [7, 11) is 0. The lowest BCUT2D eigenvalue weighted by Crippen LogP contribution is -2.04. The predicted octanol–water partition coefficient (Wildman–Crippen LogP) is -0.328. The van der Waals surface area contributed by atoms with Crippen LogP contribution in [-0.2, 0) is 0 Å². The van der Waals surface area contributed by atoms with Crippen LogP contribution in [0.1, 0.15) is 15.9 Å². The molecule has 5 nitrogen and oxygen atoms in total. The molecule has 0 fully saturated rings. The van der Waals surface area contributed by atoms with Crippen molar-refractivity contribution in [3.8, 4) is 11.8 Å². The highest BCUT2D eigenvalue weighted by Crippen LogP contribution is 2.09. The summed E-state index contributed by atoms with van der Waals surface area (Å²) >= 11 is 0. The second-order valence-electron chi connectivity index (χ2n) is 2.47. The van der Waals surface area contributed by atoms with Crippen molar-refractivity contribution in [3.05, 3.63) is 23.4 Å². The van der Waals surface area contributed by atoms with Gasteiger partial charge in [-0.2, -0.15) is 0 Å². The molecule has 0 saturated heterocycles. The van der Waals surface area contributed by atoms with E-state index < -0.39 is 5.97 Å². The van der Waals surface area contributed by atoms with Crippen molar-refractivity contribution in [1.82, 2.24) is 4.98 Å². The number of hydrogen-bond donors (Lipinski definition) is 3. The summed E-state index contributed by atoms with van der Waals surface area (Å²) < 4.78 is 0. The number of nitrogen functional groups attached to an aromatic ring is 1. The number of rotatable bonds is 1. The van der Waals surface area contributed by atoms with Crippen molar-refractivity contribution in [1.29, 1.82) is 0 Å². The number of anilines is 1. The van der Waals surface area contributed by atoms with Gasteiger partial charge in [0.15, 0.2) is 0 Å². The van der Waals surface area contributed by atoms with Gasteiger partial charge in [-0.15, -0.1) is 0 Å². The molecule has 0 spiro atoms. The number of hydrogen-bond acceptors (Lipinski definition) is 4. The maximum atomic E-state index is 10.7. The molecule has 0 aliphatic carbocycles. The zero-order chi connectivity index (χ0) is 10.6. The lowest BCUT2D eigenvalue weighted by Gasteiger charge is -1.98. The number of pyridine rings is 1. The number of carboxylic acid groups (broad SMARTS) is 1. The van der Waals surface area contributed by atoms with Gasteiger partial charge in [-0.1, -0.05) is 11.8 Å². The van der Waals surface area contributed by atoms with E-state index in [0.717, 1.165) is 0 Å². The predicted molar refractivity (Wildman–Crippen MR) is 51.5 cm³/mol. The maximum absolute atomic E-state index is 10.7. The molecule has 1 heterocycles. The lowest BCUT2D eigenvalue weighted by molar-refractivity contribution is 0.0697. The van der Waals surface area contributed by atoms with E-state index in [1.165, 1.54) is 12.3 Å². The van der Waals surface area contributed by atoms with Gasteiger partial charge in [0.05, 0.1) is 6.54 Å². The first-order valence-corrected chi connectivity index (χ1v) is 3.83. The highest BCUT2D eigenvalue weighted by atomic mass is 16.4. The summed E-state index contributed by atoms with van der Waals surface area (Å²) in [5, 5.41) is 8.72. The summed E-state index contributed by atoms with van der Waals surface area (Å²) in [6, 6.07) is 1.37. The summed E-state index contributed by atoms with van der Waals surface area (Å²) in [5.74, 6) is 4.13. The molecule has 1 aromatic heterocycles. The molecule has 0 bridgehead atoms. The Bertz CT molecular complexity index is 418. The van der Waals surface area contributed by atoms with Gasteiger partial charge >= 0.3 is 5.97 Å². The molecular weight excluding hydrogens is 182 g/mol. The topological polar surface area (TPSA) is 102 Å². The normalized spacial score (nSPS) is 8.93. The van der Waals surface area contributed by atoms with E-state index in [1.54, 1.807) is 0 Å². The third kappa shape index (κ3) is 2.21. The third-order valence-electron chi connectivity index (χ3n) is 1.48. The second kappa shape index (κ2) is 4.25. The van der Waals surface area contributed by atoms with Crippen molar-refractivity contribution in [2.75, 3.05) is 12.3 Å². The number of carbonyl (C=O) groups is 1. The second-order valence-corrected chi connectivity index (χ2v) is 2.47. The summed E-state index contributed by atoms with van der Waals surface area (Å²) in [5.41, 5.74) is 11.0. The molecule has 0 radical (unpaired) electrons. The van der Waals surface area contributed by atoms with Crippen molar-refractivity contribution in [3.63, 3.8) is 0 Å². The number of aromatic carboxylic acids is 1. The minimum Gasteiger partial charge on any atom is -0.478 e. The molecule has 0 aliphatic rings. The number of nitrogens with zero attached hydrogens (tertiary/aromatic N) is 1. The molecule has 14 heavy (non-hydrogen) atoms. The number of carboxylic acids is 1. The minimum absolute atomic E-state index is 0.0178. The first-order chi connectivity index (χ1) is 6.65. The Hall–Kier alpha value is -2.06. The van der Waals surface area contributed by atoms with Crippen molar-refractivity contribution in [2.24, 2.45) is 5.73 Å². The molecule has 0 atom stereocenters. The first kappa shape index (κ1) is 10.0. The van der Waals surface area contributed by atoms with Gasteiger partial charge in [-0.05, 0) is 6.07 Å². The van der Waals surface area contributed by atoms with E-state index in [2.05, 4.69) is 16.8 Å². The molecular formula is C9H9N3O2. The Morgan fingerprint density at radius 3 is 2.93 bits per heavy atom. The minimum atomic E-state index is -1.12. The standard InChI is InChI=1S/C9H9N3O2/c10-3-1-2-6-4-7(9(13)14)8(11)12-5-6/h4-5H,3,10H2,(H2,11,12)(H,13,14). The molecule has 0 aliphatic heterocycles. The van der Waals surface area contributed by atoms with Gasteiger partial charge in [0.1, 0.15) is 11.4 Å². The fourth-order valence-electron chi connectivity index (χ4n) is 0.868. The van der Waals surface area contributed by atoms with E-state index >= 15 is 0 Å². The van der Waals surface area contributed by atoms with E-state index in [1.807, 2.05) is 0 Å². The van der Waals surface area contributed by atoms with Crippen LogP contribution in [0.4, 0.5) is 5.82 Å². The smallest absolute Gasteiger partial charge is 0.339 e. The van der Waals surface area contributed by atoms with Crippen LogP contribution in [0.2, 0.25) is 0 Å². The Balaban J connectivity index is 3.13. The Morgan fingerprint density at radius 2 is 2.36 bits per heavy atom. The molecule has 1 aromatic rings. The largest absolute Gasteiger partial charge is 0.478 e. The van der Waals surface area contributed by atoms with Crippen molar-refractivity contribution < 1.29 is 9.90 Å². The zero-order valence-corrected chi connectivity index (χ0v) is 7.32. The van der Waals surface area contributed by atoms with Gasteiger partial charge in [0.2, 0.25) is 0 Å². The van der Waals surface area contributed by atoms with Crippen LogP contribution in [0.25, 0.3) is 0 Å². The summed E-state index contributed by atoms with van der Waals surface area (Å²) in [6.07, 6.45) is 1.41. The van der Waals surface area contributed by atoms with Crippen LogP contribution in [0.15, 0.2) is 12.3 Å². The van der Waals surface area contributed by atoms with Gasteiger partial charge in [0.25, 0.3) is 0 Å². The van der Waals surface area contributed by atoms with Crippen molar-refractivity contribution >= 4 is 11.8 Å². The highest BCUT2D eigenvalue weighted by Gasteiger charge is 2.08. The fourth-order valence-corrected chi connectivity index (χ4v) is 0.868. The van der Waals surface area contributed by atoms with Gasteiger partial charge in [0, 0.05) is 11.8 Å². The molecule has 0 aromatic carbocycles. The zero-order valence-electron chi connectivity index (χ0n) is 7.32. The fraction of sp³-hybridized carbons (Fsp3) is 0.111. The molecule has 0 unspecified atom stereocenters. The third-order valence-corrected chi connectivity index (χ3v) is 1.48. The number of nitrogens with two attached hydrogens (primary N) is 2. The van der Waals surface area contributed by atoms with E-state index in [9.17, 15) is 4.79 Å². The molecule has 72 valence electrons. The summed E-state index contributed by atoms with van der Waals surface area (Å²) in [4.78, 5) is 14.4. The first-order valence-electron chi connectivity index (χ1n) is 3.83. The molecule has 1 rings (SSSR count). The Kier molecular flexibility index (Phi) is 3.05. The van der Waals surface area contributed by atoms with Crippen LogP contribution in [0, 0.1) is 11.8 Å². The quantitative estimate of drug-likeness (QED) is 0.527.